The number of nitrogens with zero attached hydrogens (tertiary/aromatic N) is 7. The van der Waals surface area contributed by atoms with Gasteiger partial charge in [0.05, 0.1) is 36.1 Å². The van der Waals surface area contributed by atoms with Crippen LogP contribution in [-0.2, 0) is 30.7 Å². The highest BCUT2D eigenvalue weighted by molar-refractivity contribution is 6.30. The van der Waals surface area contributed by atoms with Crippen molar-refractivity contribution in [2.45, 2.75) is 70.7 Å². The Bertz CT molecular complexity index is 1410. The fourth-order valence-electron chi connectivity index (χ4n) is 4.69. The summed E-state index contributed by atoms with van der Waals surface area (Å²) < 4.78 is 87.4. The summed E-state index contributed by atoms with van der Waals surface area (Å²) in [6, 6.07) is 3.31. The van der Waals surface area contributed by atoms with Gasteiger partial charge in [0.25, 0.3) is 5.95 Å². The van der Waals surface area contributed by atoms with E-state index in [0.29, 0.717) is 6.42 Å². The number of halogens is 7. The second kappa shape index (κ2) is 11.3. The van der Waals surface area contributed by atoms with Crippen LogP contribution in [0, 0.1) is 0 Å². The van der Waals surface area contributed by atoms with E-state index in [-0.39, 0.29) is 40.9 Å². The molecule has 41 heavy (non-hydrogen) atoms. The van der Waals surface area contributed by atoms with Crippen LogP contribution in [0.3, 0.4) is 0 Å². The molecule has 0 fully saturated rings. The Morgan fingerprint density at radius 1 is 1.15 bits per heavy atom. The lowest BCUT2D eigenvalue weighted by molar-refractivity contribution is -0.141. The van der Waals surface area contributed by atoms with Gasteiger partial charge in [-0.2, -0.15) is 31.1 Å². The quantitative estimate of drug-likeness (QED) is 0.293. The minimum atomic E-state index is -4.81. The molecule has 0 saturated heterocycles. The Morgan fingerprint density at radius 3 is 2.41 bits per heavy atom. The molecule has 1 aromatic carbocycles. The third kappa shape index (κ3) is 6.66. The van der Waals surface area contributed by atoms with E-state index in [1.807, 2.05) is 0 Å². The number of alkyl halides is 6. The molecule has 222 valence electrons. The Hall–Kier alpha value is -3.62. The maximum Gasteiger partial charge on any atom is 0.433 e. The molecule has 2 aromatic heterocycles. The number of hydrogen-bond donors (Lipinski definition) is 0. The second-order valence-electron chi connectivity index (χ2n) is 9.77. The van der Waals surface area contributed by atoms with Gasteiger partial charge in [-0.3, -0.25) is 4.90 Å². The minimum absolute atomic E-state index is 0.0377. The molecule has 0 saturated carbocycles. The number of tetrazole rings is 1. The first-order valence-corrected chi connectivity index (χ1v) is 12.9. The Labute approximate surface area is 236 Å². The van der Waals surface area contributed by atoms with Crippen LogP contribution in [0.25, 0.3) is 0 Å². The van der Waals surface area contributed by atoms with Gasteiger partial charge in [0, 0.05) is 17.6 Å². The highest BCUT2D eigenvalue weighted by atomic mass is 35.5. The monoisotopic (exact) mass is 605 g/mol. The standard InChI is InChI=1S/C25H26ClF6N7O2/c1-5-17-11-19(21-18(39(17)23(40)41-13(2)3)6-7-20(33-21)25(30,31)32)38(22-34-36-37(4)35-22)12-14-8-15(24(27,28)29)10-16(26)9-14/h6-10,13,17,19H,5,11-12H2,1-4H3/t17-,19+/m1/s1. The molecule has 4 rings (SSSR count). The summed E-state index contributed by atoms with van der Waals surface area (Å²) in [6.45, 7) is 4.78. The summed E-state index contributed by atoms with van der Waals surface area (Å²) in [5.41, 5.74) is -2.18. The van der Waals surface area contributed by atoms with E-state index in [1.165, 1.54) is 22.9 Å². The lowest BCUT2D eigenvalue weighted by Crippen LogP contribution is -2.49. The van der Waals surface area contributed by atoms with Gasteiger partial charge >= 0.3 is 18.4 Å². The number of fused-ring (bicyclic) bond motifs is 1. The topological polar surface area (TPSA) is 89.3 Å². The van der Waals surface area contributed by atoms with Gasteiger partial charge < -0.3 is 9.64 Å². The Balaban J connectivity index is 1.90. The number of ether oxygens (including phenoxy) is 1. The molecule has 0 aliphatic carbocycles. The number of carbonyl (C=O) groups excluding carboxylic acids is 1. The Kier molecular flexibility index (Phi) is 8.39. The van der Waals surface area contributed by atoms with Crippen molar-refractivity contribution in [2.75, 3.05) is 9.80 Å². The predicted molar refractivity (Wildman–Crippen MR) is 136 cm³/mol. The van der Waals surface area contributed by atoms with Gasteiger partial charge in [-0.15, -0.1) is 5.10 Å². The third-order valence-electron chi connectivity index (χ3n) is 6.40. The van der Waals surface area contributed by atoms with E-state index >= 15 is 0 Å². The molecule has 0 radical (unpaired) electrons. The van der Waals surface area contributed by atoms with Crippen molar-refractivity contribution < 1.29 is 35.9 Å². The second-order valence-corrected chi connectivity index (χ2v) is 10.2. The molecule has 0 spiro atoms. The maximum absolute atomic E-state index is 13.8. The normalized spacial score (nSPS) is 17.5. The Morgan fingerprint density at radius 2 is 1.85 bits per heavy atom. The van der Waals surface area contributed by atoms with Gasteiger partial charge in [0.1, 0.15) is 5.69 Å². The summed E-state index contributed by atoms with van der Waals surface area (Å²) >= 11 is 6.01. The van der Waals surface area contributed by atoms with E-state index in [4.69, 9.17) is 16.3 Å². The highest BCUT2D eigenvalue weighted by Crippen LogP contribution is 2.44. The number of anilines is 2. The summed E-state index contributed by atoms with van der Waals surface area (Å²) in [6.07, 6.45) is -10.4. The van der Waals surface area contributed by atoms with E-state index in [0.717, 1.165) is 29.1 Å². The van der Waals surface area contributed by atoms with Crippen LogP contribution >= 0.6 is 11.6 Å². The molecule has 0 N–H and O–H groups in total. The smallest absolute Gasteiger partial charge is 0.433 e. The summed E-state index contributed by atoms with van der Waals surface area (Å²) in [7, 11) is 1.46. The largest absolute Gasteiger partial charge is 0.446 e. The summed E-state index contributed by atoms with van der Waals surface area (Å²) in [5, 5.41) is 11.8. The van der Waals surface area contributed by atoms with E-state index in [9.17, 15) is 31.1 Å². The zero-order valence-electron chi connectivity index (χ0n) is 22.3. The zero-order chi connectivity index (χ0) is 30.3. The molecule has 3 heterocycles. The minimum Gasteiger partial charge on any atom is -0.446 e. The van der Waals surface area contributed by atoms with Crippen molar-refractivity contribution in [2.24, 2.45) is 7.05 Å². The molecular weight excluding hydrogens is 580 g/mol. The van der Waals surface area contributed by atoms with Crippen LogP contribution in [-0.4, -0.2) is 43.4 Å². The number of pyridine rings is 1. The highest BCUT2D eigenvalue weighted by Gasteiger charge is 2.43. The van der Waals surface area contributed by atoms with Crippen LogP contribution in [0.15, 0.2) is 30.3 Å². The van der Waals surface area contributed by atoms with Crippen molar-refractivity contribution in [3.05, 3.63) is 57.9 Å². The average Bonchev–Trinajstić information content (AvgIpc) is 3.30. The van der Waals surface area contributed by atoms with Crippen LogP contribution in [0.2, 0.25) is 5.02 Å². The first kappa shape index (κ1) is 30.3. The molecule has 1 amide bonds. The van der Waals surface area contributed by atoms with Gasteiger partial charge in [0.2, 0.25) is 0 Å². The fourth-order valence-corrected chi connectivity index (χ4v) is 4.94. The first-order chi connectivity index (χ1) is 19.1. The van der Waals surface area contributed by atoms with Gasteiger partial charge in [-0.05, 0) is 67.8 Å². The van der Waals surface area contributed by atoms with Gasteiger partial charge in [-0.25, -0.2) is 9.78 Å². The van der Waals surface area contributed by atoms with Crippen LogP contribution in [0.1, 0.15) is 62.2 Å². The molecule has 1 aliphatic heterocycles. The summed E-state index contributed by atoms with van der Waals surface area (Å²) in [5.74, 6) is -0.0655. The van der Waals surface area contributed by atoms with E-state index in [2.05, 4.69) is 20.4 Å². The van der Waals surface area contributed by atoms with Gasteiger partial charge in [-0.1, -0.05) is 23.6 Å². The van der Waals surface area contributed by atoms with E-state index < -0.39 is 47.9 Å². The number of hydrogen-bond acceptors (Lipinski definition) is 7. The van der Waals surface area contributed by atoms with Crippen molar-refractivity contribution in [1.29, 1.82) is 0 Å². The lowest BCUT2D eigenvalue weighted by Gasteiger charge is -2.43. The number of carbonyl (C=O) groups is 1. The molecule has 0 bridgehead atoms. The molecule has 0 unspecified atom stereocenters. The van der Waals surface area contributed by atoms with Crippen molar-refractivity contribution >= 4 is 29.3 Å². The SMILES string of the molecule is CC[C@@H]1C[C@H](N(Cc2cc(Cl)cc(C(F)(F)F)c2)c2nnn(C)n2)c2nc(C(F)(F)F)ccc2N1C(=O)OC(C)C. The molecule has 9 nitrogen and oxygen atoms in total. The summed E-state index contributed by atoms with van der Waals surface area (Å²) in [4.78, 5) is 20.8. The molecular formula is C25H26ClF6N7O2. The number of benzene rings is 1. The predicted octanol–water partition coefficient (Wildman–Crippen LogP) is 6.58. The third-order valence-corrected chi connectivity index (χ3v) is 6.62. The van der Waals surface area contributed by atoms with Gasteiger partial charge in [0.15, 0.2) is 0 Å². The molecule has 2 atom stereocenters. The lowest BCUT2D eigenvalue weighted by atomic mass is 9.91. The molecule has 16 heteroatoms. The maximum atomic E-state index is 13.8. The fraction of sp³-hybridized carbons (Fsp3) is 0.480. The average molecular weight is 606 g/mol. The number of aryl methyl sites for hydroxylation is 1. The zero-order valence-corrected chi connectivity index (χ0v) is 23.1. The van der Waals surface area contributed by atoms with Crippen molar-refractivity contribution in [3.63, 3.8) is 0 Å². The first-order valence-electron chi connectivity index (χ1n) is 12.5. The van der Waals surface area contributed by atoms with Crippen molar-refractivity contribution in [1.82, 2.24) is 25.2 Å². The van der Waals surface area contributed by atoms with Crippen LogP contribution in [0.4, 0.5) is 42.8 Å². The van der Waals surface area contributed by atoms with Crippen molar-refractivity contribution in [3.8, 4) is 0 Å². The number of rotatable bonds is 6. The van der Waals surface area contributed by atoms with Crippen LogP contribution < -0.4 is 9.80 Å². The number of aromatic nitrogens is 5. The molecule has 1 aliphatic rings. The number of amides is 1. The van der Waals surface area contributed by atoms with Crippen LogP contribution in [0.5, 0.6) is 0 Å². The van der Waals surface area contributed by atoms with E-state index in [1.54, 1.807) is 20.8 Å². The molecule has 3 aromatic rings.